The van der Waals surface area contributed by atoms with Gasteiger partial charge in [-0.2, -0.15) is 0 Å². The molecule has 0 fully saturated rings. The number of benzene rings is 8. The molecule has 1 aliphatic carbocycles. The number of nitrogens with zero attached hydrogens (tertiary/aromatic N) is 4. The van der Waals surface area contributed by atoms with Crippen molar-refractivity contribution >= 4 is 92.2 Å². The number of aryl methyl sites for hydroxylation is 1. The highest BCUT2D eigenvalue weighted by Crippen LogP contribution is 2.52. The lowest BCUT2D eigenvalue weighted by molar-refractivity contribution is 0.996. The molecular formula is C54H32N4S. The number of hydrogen-bond donors (Lipinski definition) is 0. The fourth-order valence-electron chi connectivity index (χ4n) is 10.5. The predicted molar refractivity (Wildman–Crippen MR) is 248 cm³/mol. The van der Waals surface area contributed by atoms with Crippen LogP contribution in [0.1, 0.15) is 17.5 Å². The van der Waals surface area contributed by atoms with Gasteiger partial charge in [-0.1, -0.05) is 133 Å². The SMILES string of the molecule is C1=Cc2c(-c3nc4c(nc3-n3c5ccccc5c5c6c7c(cc53)c3ccccc3n7-c3ccccc3-c3ccccc3-6)sc3ccccc34)cc3ccccc3c2CC1. The molecule has 8 aromatic carbocycles. The van der Waals surface area contributed by atoms with E-state index in [1.165, 1.54) is 87.1 Å². The van der Waals surface area contributed by atoms with Crippen LogP contribution in [0.4, 0.5) is 0 Å². The molecule has 0 saturated heterocycles. The molecule has 1 aliphatic heterocycles. The molecule has 0 atom stereocenters. The van der Waals surface area contributed by atoms with Crippen LogP contribution in [0, 0.1) is 0 Å². The van der Waals surface area contributed by atoms with Crippen LogP contribution >= 0.6 is 11.3 Å². The van der Waals surface area contributed by atoms with Crippen LogP contribution in [0.2, 0.25) is 0 Å². The lowest BCUT2D eigenvalue weighted by Crippen LogP contribution is -2.06. The lowest BCUT2D eigenvalue weighted by atomic mass is 9.87. The maximum absolute atomic E-state index is 5.76. The summed E-state index contributed by atoms with van der Waals surface area (Å²) in [6.45, 7) is 0. The fourth-order valence-corrected chi connectivity index (χ4v) is 11.5. The van der Waals surface area contributed by atoms with E-state index in [1.807, 2.05) is 0 Å². The van der Waals surface area contributed by atoms with Gasteiger partial charge in [0.25, 0.3) is 0 Å². The zero-order chi connectivity index (χ0) is 38.3. The van der Waals surface area contributed by atoms with Crippen LogP contribution in [0.15, 0.2) is 164 Å². The Balaban J connectivity index is 1.21. The van der Waals surface area contributed by atoms with Crippen LogP contribution in [0.5, 0.6) is 0 Å². The Kier molecular flexibility index (Phi) is 6.25. The fraction of sp³-hybridized carbons (Fsp3) is 0.0370. The molecule has 4 nitrogen and oxygen atoms in total. The van der Waals surface area contributed by atoms with Crippen molar-refractivity contribution in [2.75, 3.05) is 0 Å². The number of para-hydroxylation sites is 3. The molecule has 4 aromatic heterocycles. The van der Waals surface area contributed by atoms with E-state index in [0.29, 0.717) is 0 Å². The molecule has 274 valence electrons. The van der Waals surface area contributed by atoms with Gasteiger partial charge >= 0.3 is 0 Å². The number of rotatable bonds is 2. The highest BCUT2D eigenvalue weighted by Gasteiger charge is 2.30. The van der Waals surface area contributed by atoms with Crippen molar-refractivity contribution < 1.29 is 0 Å². The summed E-state index contributed by atoms with van der Waals surface area (Å²) in [5.41, 5.74) is 16.4. The van der Waals surface area contributed by atoms with Gasteiger partial charge in [-0.3, -0.25) is 4.57 Å². The molecule has 0 N–H and O–H groups in total. The molecule has 14 rings (SSSR count). The van der Waals surface area contributed by atoms with Crippen LogP contribution in [0.3, 0.4) is 0 Å². The van der Waals surface area contributed by atoms with Crippen molar-refractivity contribution in [3.8, 4) is 45.0 Å². The van der Waals surface area contributed by atoms with Gasteiger partial charge in [-0.15, -0.1) is 11.3 Å². The van der Waals surface area contributed by atoms with E-state index in [-0.39, 0.29) is 0 Å². The van der Waals surface area contributed by atoms with Crippen molar-refractivity contribution in [3.05, 3.63) is 175 Å². The topological polar surface area (TPSA) is 35.6 Å². The third-order valence-corrected chi connectivity index (χ3v) is 14.0. The predicted octanol–water partition coefficient (Wildman–Crippen LogP) is 14.5. The van der Waals surface area contributed by atoms with E-state index < -0.39 is 0 Å². The number of aromatic nitrogens is 4. The molecule has 59 heavy (non-hydrogen) atoms. The minimum Gasteiger partial charge on any atom is -0.308 e. The Labute approximate surface area is 342 Å². The monoisotopic (exact) mass is 768 g/mol. The first-order valence-electron chi connectivity index (χ1n) is 20.4. The average molecular weight is 769 g/mol. The van der Waals surface area contributed by atoms with E-state index in [4.69, 9.17) is 9.97 Å². The van der Waals surface area contributed by atoms with Gasteiger partial charge in [0.1, 0.15) is 16.0 Å². The maximum atomic E-state index is 5.76. The van der Waals surface area contributed by atoms with Crippen molar-refractivity contribution in [2.45, 2.75) is 12.8 Å². The molecule has 5 heterocycles. The Morgan fingerprint density at radius 2 is 1.22 bits per heavy atom. The molecule has 5 heteroatoms. The molecule has 0 unspecified atom stereocenters. The van der Waals surface area contributed by atoms with Crippen molar-refractivity contribution in [1.29, 1.82) is 0 Å². The van der Waals surface area contributed by atoms with Gasteiger partial charge in [0.15, 0.2) is 5.82 Å². The molecule has 2 aliphatic rings. The molecule has 0 spiro atoms. The first kappa shape index (κ1) is 31.7. The highest BCUT2D eigenvalue weighted by molar-refractivity contribution is 7.25. The molecule has 0 saturated carbocycles. The van der Waals surface area contributed by atoms with Crippen LogP contribution in [-0.4, -0.2) is 19.1 Å². The summed E-state index contributed by atoms with van der Waals surface area (Å²) in [5, 5.41) is 8.57. The van der Waals surface area contributed by atoms with E-state index in [0.717, 1.165) is 56.7 Å². The zero-order valence-corrected chi connectivity index (χ0v) is 32.6. The van der Waals surface area contributed by atoms with Gasteiger partial charge in [0, 0.05) is 48.3 Å². The molecular weight excluding hydrogens is 737 g/mol. The summed E-state index contributed by atoms with van der Waals surface area (Å²) in [6, 6.07) is 58.0. The van der Waals surface area contributed by atoms with Gasteiger partial charge in [-0.25, -0.2) is 9.97 Å². The molecule has 0 radical (unpaired) electrons. The van der Waals surface area contributed by atoms with E-state index in [2.05, 4.69) is 179 Å². The number of thiophene rings is 1. The summed E-state index contributed by atoms with van der Waals surface area (Å²) in [7, 11) is 0. The van der Waals surface area contributed by atoms with Gasteiger partial charge < -0.3 is 4.57 Å². The summed E-state index contributed by atoms with van der Waals surface area (Å²) < 4.78 is 6.15. The van der Waals surface area contributed by atoms with Crippen LogP contribution < -0.4 is 0 Å². The minimum absolute atomic E-state index is 0.854. The smallest absolute Gasteiger partial charge is 0.166 e. The number of allylic oxidation sites excluding steroid dienone is 1. The summed E-state index contributed by atoms with van der Waals surface area (Å²) in [6.07, 6.45) is 6.67. The normalized spacial score (nSPS) is 13.2. The largest absolute Gasteiger partial charge is 0.308 e. The van der Waals surface area contributed by atoms with Crippen molar-refractivity contribution in [2.24, 2.45) is 0 Å². The lowest BCUT2D eigenvalue weighted by Gasteiger charge is -2.20. The third kappa shape index (κ3) is 4.17. The Morgan fingerprint density at radius 3 is 2.10 bits per heavy atom. The Hall–Kier alpha value is -7.34. The summed E-state index contributed by atoms with van der Waals surface area (Å²) in [4.78, 5) is 12.5. The molecule has 12 aromatic rings. The van der Waals surface area contributed by atoms with Crippen molar-refractivity contribution in [1.82, 2.24) is 19.1 Å². The molecule has 0 amide bonds. The second kappa shape index (κ2) is 11.6. The van der Waals surface area contributed by atoms with E-state index in [9.17, 15) is 0 Å². The second-order valence-corrected chi connectivity index (χ2v) is 17.0. The second-order valence-electron chi connectivity index (χ2n) is 15.9. The van der Waals surface area contributed by atoms with E-state index >= 15 is 0 Å². The summed E-state index contributed by atoms with van der Waals surface area (Å²) >= 11 is 1.73. The standard InChI is InChI=1S/C54H32N4S/c1-2-16-32-31(15-1)29-41(34-18-4-3-17-33(32)34)50-53(56-54-51(55-50)40-24-10-14-28-47(40)59-54)58-45-27-13-9-23-39(45)48-46(58)30-42-37-21-8-12-26-44(37)57-43-25-11-7-20-36(43)35-19-5-6-22-38(35)49(48)52(42)57/h1-2,4-16,18-30H,3,17H2. The quantitative estimate of drug-likeness (QED) is 0.176. The third-order valence-electron chi connectivity index (χ3n) is 12.9. The number of hydrogen-bond acceptors (Lipinski definition) is 3. The van der Waals surface area contributed by atoms with Gasteiger partial charge in [0.05, 0.1) is 27.8 Å². The van der Waals surface area contributed by atoms with Crippen LogP contribution in [0.25, 0.3) is 126 Å². The van der Waals surface area contributed by atoms with Crippen molar-refractivity contribution in [3.63, 3.8) is 0 Å². The highest BCUT2D eigenvalue weighted by atomic mass is 32.1. The Bertz CT molecular complexity index is 3860. The minimum atomic E-state index is 0.854. The zero-order valence-electron chi connectivity index (χ0n) is 31.8. The first-order chi connectivity index (χ1) is 29.3. The van der Waals surface area contributed by atoms with E-state index in [1.54, 1.807) is 11.3 Å². The average Bonchev–Trinajstić information content (AvgIpc) is 3.92. The van der Waals surface area contributed by atoms with Gasteiger partial charge in [-0.05, 0) is 82.3 Å². The van der Waals surface area contributed by atoms with Crippen LogP contribution in [-0.2, 0) is 6.42 Å². The maximum Gasteiger partial charge on any atom is 0.166 e. The molecule has 0 bridgehead atoms. The number of fused-ring (bicyclic) bond motifs is 18. The van der Waals surface area contributed by atoms with Gasteiger partial charge in [0.2, 0.25) is 0 Å². The Morgan fingerprint density at radius 1 is 0.525 bits per heavy atom. The summed E-state index contributed by atoms with van der Waals surface area (Å²) in [5.74, 6) is 0.854. The first-order valence-corrected chi connectivity index (χ1v) is 21.2.